The number of ether oxygens (including phenoxy) is 1. The van der Waals surface area contributed by atoms with Crippen molar-refractivity contribution in [2.45, 2.75) is 302 Å². The summed E-state index contributed by atoms with van der Waals surface area (Å²) >= 11 is 0. The molecule has 1 saturated heterocycles. The number of hydrogen-bond donors (Lipinski definition) is 6. The second kappa shape index (κ2) is 42.3. The third-order valence-corrected chi connectivity index (χ3v) is 13.6. The van der Waals surface area contributed by atoms with Gasteiger partial charge >= 0.3 is 5.97 Å². The number of carboxylic acids is 1. The Morgan fingerprint density at radius 1 is 0.554 bits per heavy atom. The maximum absolute atomic E-state index is 14.2. The first-order chi connectivity index (χ1) is 31.6. The number of aliphatic carboxylic acids is 1. The molecular formula is C54H105N3O8. The Kier molecular flexibility index (Phi) is 39.9. The molecule has 6 atom stereocenters. The quantitative estimate of drug-likeness (QED) is 0.0326. The van der Waals surface area contributed by atoms with E-state index in [2.05, 4.69) is 24.5 Å². The van der Waals surface area contributed by atoms with Gasteiger partial charge in [-0.2, -0.15) is 0 Å². The molecule has 0 aliphatic carbocycles. The number of aliphatic hydroxyl groups is 3. The molecule has 11 nitrogen and oxygen atoms in total. The molecule has 2 amide bonds. The highest BCUT2D eigenvalue weighted by Crippen LogP contribution is 2.27. The van der Waals surface area contributed by atoms with Crippen LogP contribution in [0.5, 0.6) is 0 Å². The van der Waals surface area contributed by atoms with E-state index in [9.17, 15) is 29.7 Å². The van der Waals surface area contributed by atoms with Gasteiger partial charge in [0, 0.05) is 19.4 Å². The van der Waals surface area contributed by atoms with Gasteiger partial charge in [-0.1, -0.05) is 220 Å². The van der Waals surface area contributed by atoms with Gasteiger partial charge in [0.2, 0.25) is 11.8 Å². The van der Waals surface area contributed by atoms with Gasteiger partial charge in [0.15, 0.2) is 6.23 Å². The lowest BCUT2D eigenvalue weighted by Crippen LogP contribution is -2.69. The lowest BCUT2D eigenvalue weighted by molar-refractivity contribution is -0.231. The number of carbonyl (C=O) groups is 3. The Morgan fingerprint density at radius 2 is 0.954 bits per heavy atom. The highest BCUT2D eigenvalue weighted by molar-refractivity contribution is 5.82. The molecule has 1 heterocycles. The van der Waals surface area contributed by atoms with E-state index in [4.69, 9.17) is 9.84 Å². The van der Waals surface area contributed by atoms with Gasteiger partial charge in [-0.15, -0.1) is 0 Å². The molecule has 384 valence electrons. The molecule has 0 unspecified atom stereocenters. The van der Waals surface area contributed by atoms with Gasteiger partial charge in [-0.25, -0.2) is 0 Å². The fourth-order valence-electron chi connectivity index (χ4n) is 9.41. The lowest BCUT2D eigenvalue weighted by Gasteiger charge is -2.47. The maximum Gasteiger partial charge on any atom is 0.303 e. The van der Waals surface area contributed by atoms with Gasteiger partial charge in [-0.3, -0.25) is 14.4 Å². The van der Waals surface area contributed by atoms with Crippen LogP contribution in [0.15, 0.2) is 0 Å². The molecule has 0 aromatic carbocycles. The summed E-state index contributed by atoms with van der Waals surface area (Å²) in [7, 11) is 0. The monoisotopic (exact) mass is 924 g/mol. The van der Waals surface area contributed by atoms with Gasteiger partial charge in [0.25, 0.3) is 0 Å². The first-order valence-corrected chi connectivity index (χ1v) is 27.7. The Labute approximate surface area is 399 Å². The number of carbonyl (C=O) groups excluding carboxylic acids is 2. The number of rotatable bonds is 46. The van der Waals surface area contributed by atoms with Crippen LogP contribution in [0.25, 0.3) is 0 Å². The summed E-state index contributed by atoms with van der Waals surface area (Å²) in [6.07, 6.45) is 36.4. The molecular weight excluding hydrogens is 819 g/mol. The molecule has 0 spiro atoms. The summed E-state index contributed by atoms with van der Waals surface area (Å²) in [6, 6.07) is -1.70. The Bertz CT molecular complexity index is 1130. The third-order valence-electron chi connectivity index (χ3n) is 13.6. The molecule has 0 aromatic rings. The van der Waals surface area contributed by atoms with Crippen LogP contribution in [-0.2, 0) is 19.1 Å². The van der Waals surface area contributed by atoms with Crippen LogP contribution in [0, 0.1) is 5.92 Å². The predicted octanol–water partition coefficient (Wildman–Crippen LogP) is 11.9. The third kappa shape index (κ3) is 31.8. The molecule has 0 bridgehead atoms. The number of unbranched alkanes of at least 4 members (excludes halogenated alkanes) is 31. The molecule has 0 saturated carbocycles. The number of nitrogens with zero attached hydrogens (tertiary/aromatic N) is 1. The maximum atomic E-state index is 14.2. The summed E-state index contributed by atoms with van der Waals surface area (Å²) in [5.41, 5.74) is 0. The van der Waals surface area contributed by atoms with Crippen LogP contribution in [0.3, 0.4) is 0 Å². The van der Waals surface area contributed by atoms with Crippen molar-refractivity contribution in [2.24, 2.45) is 5.92 Å². The van der Waals surface area contributed by atoms with Gasteiger partial charge < -0.3 is 40.7 Å². The molecule has 1 aliphatic rings. The molecule has 0 radical (unpaired) electrons. The average molecular weight is 924 g/mol. The minimum Gasteiger partial charge on any atom is -0.481 e. The average Bonchev–Trinajstić information content (AvgIpc) is 3.28. The summed E-state index contributed by atoms with van der Waals surface area (Å²) < 4.78 is 6.29. The Hall–Kier alpha value is -1.79. The number of carboxylic acid groups (broad SMARTS) is 1. The van der Waals surface area contributed by atoms with Crippen LogP contribution in [0.1, 0.15) is 265 Å². The molecule has 6 N–H and O–H groups in total. The Morgan fingerprint density at radius 3 is 1.37 bits per heavy atom. The van der Waals surface area contributed by atoms with Gasteiger partial charge in [-0.05, 0) is 44.6 Å². The van der Waals surface area contributed by atoms with Crippen LogP contribution in [0.4, 0.5) is 0 Å². The predicted molar refractivity (Wildman–Crippen MR) is 268 cm³/mol. The molecule has 1 fully saturated rings. The van der Waals surface area contributed by atoms with Crippen molar-refractivity contribution >= 4 is 17.8 Å². The molecule has 1 rings (SSSR count). The van der Waals surface area contributed by atoms with E-state index in [1.807, 2.05) is 13.8 Å². The SMILES string of the molecule is CCCCCCCCCCCCCCCCCCN(C(=O)CCCCCCCCCCCCCCCCC)[C@@H]1O[C@H](CO)[C@@H](O)[C@H](O)[C@@H]1NC(=O)[C@H](CC(C)C)NCCCCCC(=O)O. The summed E-state index contributed by atoms with van der Waals surface area (Å²) in [5, 5.41) is 48.1. The van der Waals surface area contributed by atoms with Gasteiger partial charge in [0.1, 0.15) is 24.4 Å². The van der Waals surface area contributed by atoms with Crippen molar-refractivity contribution < 1.29 is 39.5 Å². The highest BCUT2D eigenvalue weighted by atomic mass is 16.5. The summed E-state index contributed by atoms with van der Waals surface area (Å²) in [6.45, 7) is 8.98. The second-order valence-electron chi connectivity index (χ2n) is 20.2. The van der Waals surface area contributed by atoms with Gasteiger partial charge in [0.05, 0.1) is 12.6 Å². The standard InChI is InChI=1S/C54H105N3O8/c1-5-7-9-11-13-15-17-19-21-23-25-27-29-31-33-38-42-57(48(59)39-35-32-30-28-26-24-22-20-18-16-14-12-10-8-6-2)54-50(52(63)51(62)47(44-58)65-54)56-53(64)46(43-45(3)4)55-41-37-34-36-40-49(60)61/h45-47,50-52,54-55,58,62-63H,5-44H2,1-4H3,(H,56,64)(H,60,61)/t46-,47+,50-,51+,52+,54+/m0/s1. The summed E-state index contributed by atoms with van der Waals surface area (Å²) in [5.74, 6) is -1.08. The lowest BCUT2D eigenvalue weighted by atomic mass is 9.94. The Balaban J connectivity index is 2.84. The number of hydrogen-bond acceptors (Lipinski definition) is 8. The first-order valence-electron chi connectivity index (χ1n) is 27.7. The van der Waals surface area contributed by atoms with Crippen LogP contribution >= 0.6 is 0 Å². The molecule has 11 heteroatoms. The van der Waals surface area contributed by atoms with E-state index in [-0.39, 0.29) is 24.2 Å². The van der Waals surface area contributed by atoms with E-state index in [0.29, 0.717) is 38.8 Å². The van der Waals surface area contributed by atoms with Crippen molar-refractivity contribution in [2.75, 3.05) is 19.7 Å². The zero-order valence-electron chi connectivity index (χ0n) is 42.7. The number of nitrogens with one attached hydrogen (secondary N) is 2. The van der Waals surface area contributed by atoms with Crippen molar-refractivity contribution in [3.05, 3.63) is 0 Å². The molecule has 65 heavy (non-hydrogen) atoms. The van der Waals surface area contributed by atoms with E-state index in [0.717, 1.165) is 51.4 Å². The van der Waals surface area contributed by atoms with E-state index < -0.39 is 49.2 Å². The fraction of sp³-hybridized carbons (Fsp3) is 0.944. The fourth-order valence-corrected chi connectivity index (χ4v) is 9.41. The van der Waals surface area contributed by atoms with Crippen molar-refractivity contribution in [1.82, 2.24) is 15.5 Å². The van der Waals surface area contributed by atoms with Crippen LogP contribution in [0.2, 0.25) is 0 Å². The normalized spacial score (nSPS) is 19.2. The topological polar surface area (TPSA) is 169 Å². The molecule has 0 aromatic heterocycles. The second-order valence-corrected chi connectivity index (χ2v) is 20.2. The molecule has 1 aliphatic heterocycles. The number of amides is 2. The minimum atomic E-state index is -1.46. The van der Waals surface area contributed by atoms with Crippen LogP contribution < -0.4 is 10.6 Å². The number of aliphatic hydroxyl groups excluding tert-OH is 3. The van der Waals surface area contributed by atoms with Crippen molar-refractivity contribution in [3.63, 3.8) is 0 Å². The van der Waals surface area contributed by atoms with Crippen LogP contribution in [-0.4, -0.2) is 99.4 Å². The van der Waals surface area contributed by atoms with E-state index in [1.165, 1.54) is 154 Å². The smallest absolute Gasteiger partial charge is 0.303 e. The highest BCUT2D eigenvalue weighted by Gasteiger charge is 2.48. The van der Waals surface area contributed by atoms with Crippen molar-refractivity contribution in [3.8, 4) is 0 Å². The first kappa shape index (κ1) is 61.2. The summed E-state index contributed by atoms with van der Waals surface area (Å²) in [4.78, 5) is 40.8. The minimum absolute atomic E-state index is 0.0941. The zero-order chi connectivity index (χ0) is 47.8. The largest absolute Gasteiger partial charge is 0.481 e. The van der Waals surface area contributed by atoms with Crippen molar-refractivity contribution in [1.29, 1.82) is 0 Å². The van der Waals surface area contributed by atoms with E-state index >= 15 is 0 Å². The zero-order valence-corrected chi connectivity index (χ0v) is 42.7. The van der Waals surface area contributed by atoms with E-state index in [1.54, 1.807) is 4.90 Å².